The molecule has 58 heavy (non-hydrogen) atoms. The van der Waals surface area contributed by atoms with Crippen LogP contribution < -0.4 is 23.8 Å². The van der Waals surface area contributed by atoms with E-state index in [-0.39, 0.29) is 48.1 Å². The van der Waals surface area contributed by atoms with E-state index in [0.29, 0.717) is 31.9 Å². The molecule has 1 unspecified atom stereocenters. The average molecular weight is 948 g/mol. The van der Waals surface area contributed by atoms with Gasteiger partial charge in [-0.2, -0.15) is 4.31 Å². The van der Waals surface area contributed by atoms with Crippen LogP contribution in [0.3, 0.4) is 0 Å². The van der Waals surface area contributed by atoms with Gasteiger partial charge in [0.2, 0.25) is 10.0 Å². The van der Waals surface area contributed by atoms with Crippen LogP contribution in [0.15, 0.2) is 89.8 Å². The number of hydrogen-bond donors (Lipinski definition) is 2. The number of ether oxygens (including phenoxy) is 4. The van der Waals surface area contributed by atoms with Crippen molar-refractivity contribution < 1.29 is 40.9 Å². The number of sulfonamides is 1. The number of amides is 1. The van der Waals surface area contributed by atoms with Crippen LogP contribution in [0.5, 0.6) is 17.2 Å². The molecule has 0 aliphatic carbocycles. The van der Waals surface area contributed by atoms with Crippen molar-refractivity contribution >= 4 is 55.7 Å². The van der Waals surface area contributed by atoms with Crippen molar-refractivity contribution in [3.05, 3.63) is 105 Å². The summed E-state index contributed by atoms with van der Waals surface area (Å²) in [6.07, 6.45) is -1.73. The van der Waals surface area contributed by atoms with Gasteiger partial charge in [0.15, 0.2) is 5.82 Å². The molecule has 0 radical (unpaired) electrons. The van der Waals surface area contributed by atoms with Gasteiger partial charge in [-0.05, 0) is 126 Å². The highest BCUT2D eigenvalue weighted by atomic mass is 127. The van der Waals surface area contributed by atoms with Gasteiger partial charge in [0.1, 0.15) is 28.2 Å². The van der Waals surface area contributed by atoms with Crippen molar-refractivity contribution in [2.75, 3.05) is 32.2 Å². The second-order valence-corrected chi connectivity index (χ2v) is 18.1. The first-order valence-electron chi connectivity index (χ1n) is 17.9. The number of carbonyl (C=O) groups is 1. The third kappa shape index (κ3) is 11.2. The molecule has 0 saturated heterocycles. The van der Waals surface area contributed by atoms with Crippen LogP contribution in [0.4, 0.5) is 10.5 Å². The lowest BCUT2D eigenvalue weighted by molar-refractivity contribution is 0.104. The van der Waals surface area contributed by atoms with E-state index in [0.717, 1.165) is 9.87 Å². The Morgan fingerprint density at radius 2 is 1.36 bits per heavy atom. The molecule has 0 aliphatic rings. The molecule has 2 N–H and O–H groups in total. The molecule has 0 fully saturated rings. The maximum absolute atomic E-state index is 15.6. The topological polar surface area (TPSA) is 188 Å². The summed E-state index contributed by atoms with van der Waals surface area (Å²) >= 11 is -0.803. The minimum Gasteiger partial charge on any atom is -0.497 e. The van der Waals surface area contributed by atoms with E-state index in [1.54, 1.807) is 102 Å². The van der Waals surface area contributed by atoms with Crippen LogP contribution in [-0.4, -0.2) is 87.3 Å². The van der Waals surface area contributed by atoms with Gasteiger partial charge in [0.05, 0.1) is 45.7 Å². The van der Waals surface area contributed by atoms with E-state index in [9.17, 15) is 13.6 Å². The van der Waals surface area contributed by atoms with E-state index < -0.39 is 39.0 Å². The monoisotopic (exact) mass is 947 g/mol. The van der Waals surface area contributed by atoms with Gasteiger partial charge < -0.3 is 24.3 Å². The number of nitrogens with zero attached hydrogens (tertiary/aromatic N) is 6. The summed E-state index contributed by atoms with van der Waals surface area (Å²) in [4.78, 5) is 12.4. The largest absolute Gasteiger partial charge is 0.497 e. The SMILES string of the molecule is COc1ccc(CN(Cc2ccc(OC)cc2)S(=O)(=O)c2c(N(C[C@H](C)OC(=O)NC(C)(C)C)S(=O)O)ccc(I)c2-c2nnnn2Cc2ccc(OC)cc2)cc1. The first-order chi connectivity index (χ1) is 27.5. The van der Waals surface area contributed by atoms with Crippen molar-refractivity contribution in [2.24, 2.45) is 0 Å². The lowest BCUT2D eigenvalue weighted by Crippen LogP contribution is -2.44. The molecule has 4 aromatic carbocycles. The first kappa shape index (κ1) is 44.3. The number of halogens is 1. The Morgan fingerprint density at radius 3 is 1.83 bits per heavy atom. The van der Waals surface area contributed by atoms with Crippen molar-refractivity contribution in [1.82, 2.24) is 29.8 Å². The average Bonchev–Trinajstić information content (AvgIpc) is 3.64. The zero-order chi connectivity index (χ0) is 42.2. The highest BCUT2D eigenvalue weighted by molar-refractivity contribution is 14.1. The second-order valence-electron chi connectivity index (χ2n) is 14.1. The predicted molar refractivity (Wildman–Crippen MR) is 227 cm³/mol. The summed E-state index contributed by atoms with van der Waals surface area (Å²) in [5, 5.41) is 15.2. The highest BCUT2D eigenvalue weighted by Crippen LogP contribution is 2.41. The first-order valence-corrected chi connectivity index (χ1v) is 21.5. The number of hydrogen-bond acceptors (Lipinski definition) is 11. The van der Waals surface area contributed by atoms with Crippen LogP contribution in [0.1, 0.15) is 44.4 Å². The Hall–Kier alpha value is -4.83. The Kier molecular flexibility index (Phi) is 14.7. The van der Waals surface area contributed by atoms with E-state index in [1.165, 1.54) is 29.3 Å². The standard InChI is InChI=1S/C39H46IN7O9S2/c1-26(56-38(48)41-39(2,3)4)22-47(57(49)50)34-21-20-33(40)35(37-42-43-44-46(37)25-29-12-18-32(55-7)19-13-29)36(34)58(51,52)45(23-27-8-14-30(53-5)15-9-27)24-28-10-16-31(54-6)17-11-28/h8-21,26H,22-25H2,1-7H3,(H,41,48)(H,49,50)/t26-/m0/s1. The summed E-state index contributed by atoms with van der Waals surface area (Å²) in [6.45, 7) is 6.47. The number of benzene rings is 4. The van der Waals surface area contributed by atoms with Crippen LogP contribution in [0.25, 0.3) is 11.4 Å². The third-order valence-corrected chi connectivity index (χ3v) is 12.1. The maximum Gasteiger partial charge on any atom is 0.407 e. The molecule has 0 aliphatic heterocycles. The Bertz CT molecular complexity index is 2250. The smallest absolute Gasteiger partial charge is 0.407 e. The molecule has 2 atom stereocenters. The van der Waals surface area contributed by atoms with Crippen molar-refractivity contribution in [1.29, 1.82) is 0 Å². The number of aromatic nitrogens is 4. The molecule has 1 aromatic heterocycles. The summed E-state index contributed by atoms with van der Waals surface area (Å²) in [5.74, 6) is 1.92. The summed E-state index contributed by atoms with van der Waals surface area (Å²) in [7, 11) is -0.0233. The van der Waals surface area contributed by atoms with Crippen molar-refractivity contribution in [3.8, 4) is 28.6 Å². The molecule has 0 spiro atoms. The zero-order valence-electron chi connectivity index (χ0n) is 33.1. The second kappa shape index (κ2) is 19.3. The lowest BCUT2D eigenvalue weighted by atomic mass is 10.1. The number of alkyl carbamates (subject to hydrolysis) is 1. The molecular formula is C39H46IN7O9S2. The Labute approximate surface area is 354 Å². The number of carbonyl (C=O) groups excluding carboxylic acids is 1. The molecular weight excluding hydrogens is 902 g/mol. The van der Waals surface area contributed by atoms with Gasteiger partial charge in [0, 0.05) is 22.2 Å². The van der Waals surface area contributed by atoms with Crippen molar-refractivity contribution in [2.45, 2.75) is 63.9 Å². The lowest BCUT2D eigenvalue weighted by Gasteiger charge is -2.30. The Morgan fingerprint density at radius 1 is 0.862 bits per heavy atom. The van der Waals surface area contributed by atoms with E-state index >= 15 is 8.42 Å². The highest BCUT2D eigenvalue weighted by Gasteiger charge is 2.37. The molecule has 0 saturated carbocycles. The minimum atomic E-state index is -4.67. The maximum atomic E-state index is 15.6. The molecule has 310 valence electrons. The molecule has 1 heterocycles. The number of tetrazole rings is 1. The molecule has 16 nitrogen and oxygen atoms in total. The van der Waals surface area contributed by atoms with Gasteiger partial charge in [0.25, 0.3) is 11.3 Å². The van der Waals surface area contributed by atoms with Crippen LogP contribution >= 0.6 is 22.6 Å². The van der Waals surface area contributed by atoms with Crippen LogP contribution in [-0.2, 0) is 45.7 Å². The van der Waals surface area contributed by atoms with E-state index in [2.05, 4.69) is 20.8 Å². The van der Waals surface area contributed by atoms with Crippen molar-refractivity contribution in [3.63, 3.8) is 0 Å². The normalized spacial score (nSPS) is 12.8. The zero-order valence-corrected chi connectivity index (χ0v) is 36.9. The summed E-state index contributed by atoms with van der Waals surface area (Å²) in [6, 6.07) is 24.3. The fourth-order valence-electron chi connectivity index (χ4n) is 5.87. The molecule has 1 amide bonds. The van der Waals surface area contributed by atoms with Gasteiger partial charge in [-0.15, -0.1) is 5.10 Å². The quantitative estimate of drug-likeness (QED) is 0.0788. The fourth-order valence-corrected chi connectivity index (χ4v) is 9.25. The molecule has 0 bridgehead atoms. The molecule has 19 heteroatoms. The number of methoxy groups -OCH3 is 3. The summed E-state index contributed by atoms with van der Waals surface area (Å²) < 4.78 is 81.2. The van der Waals surface area contributed by atoms with Crippen LogP contribution in [0, 0.1) is 3.57 Å². The number of anilines is 1. The number of nitrogens with one attached hydrogen (secondary N) is 1. The fraction of sp³-hybridized carbons (Fsp3) is 0.333. The van der Waals surface area contributed by atoms with E-state index in [4.69, 9.17) is 18.9 Å². The Balaban J connectivity index is 1.71. The predicted octanol–water partition coefficient (Wildman–Crippen LogP) is 6.27. The summed E-state index contributed by atoms with van der Waals surface area (Å²) in [5.41, 5.74) is 1.42. The van der Waals surface area contributed by atoms with Crippen LogP contribution in [0.2, 0.25) is 0 Å². The van der Waals surface area contributed by atoms with Gasteiger partial charge in [-0.25, -0.2) is 22.1 Å². The van der Waals surface area contributed by atoms with Gasteiger partial charge in [-0.3, -0.25) is 8.86 Å². The van der Waals surface area contributed by atoms with Gasteiger partial charge >= 0.3 is 6.09 Å². The van der Waals surface area contributed by atoms with E-state index in [1.807, 2.05) is 34.7 Å². The molecule has 5 aromatic rings. The van der Waals surface area contributed by atoms with Gasteiger partial charge in [-0.1, -0.05) is 36.4 Å². The third-order valence-electron chi connectivity index (χ3n) is 8.63. The molecule has 5 rings (SSSR count). The minimum absolute atomic E-state index is 0.0898. The number of rotatable bonds is 17.